The van der Waals surface area contributed by atoms with Crippen molar-refractivity contribution in [3.63, 3.8) is 0 Å². The van der Waals surface area contributed by atoms with Crippen LogP contribution in [0, 0.1) is 0 Å². The summed E-state index contributed by atoms with van der Waals surface area (Å²) in [5.41, 5.74) is 1.06. The molecule has 22 heavy (non-hydrogen) atoms. The van der Waals surface area contributed by atoms with Crippen molar-refractivity contribution in [1.29, 1.82) is 0 Å². The molecule has 2 atom stereocenters. The molecule has 0 amide bonds. The van der Waals surface area contributed by atoms with Crippen molar-refractivity contribution >= 4 is 10.0 Å². The van der Waals surface area contributed by atoms with E-state index in [0.29, 0.717) is 0 Å². The standard InChI is InChI=1S/C16H21N3O2S/c1-13-7-6-10-16(14-8-4-3-5-9-14)19(13)22(20,21)15-11-17-18(2)12-15/h3-5,8-9,11-13,16H,6-7,10H2,1-2H3/t13-,16+/m1/s1. The Kier molecular flexibility index (Phi) is 4.06. The molecule has 118 valence electrons. The summed E-state index contributed by atoms with van der Waals surface area (Å²) in [6.07, 6.45) is 5.79. The average Bonchev–Trinajstić information content (AvgIpc) is 2.95. The lowest BCUT2D eigenvalue weighted by Gasteiger charge is -2.39. The van der Waals surface area contributed by atoms with Crippen LogP contribution in [0.15, 0.2) is 47.6 Å². The summed E-state index contributed by atoms with van der Waals surface area (Å²) in [6.45, 7) is 1.99. The number of sulfonamides is 1. The van der Waals surface area contributed by atoms with Crippen molar-refractivity contribution in [2.45, 2.75) is 43.2 Å². The molecule has 5 nitrogen and oxygen atoms in total. The number of piperidine rings is 1. The first kappa shape index (κ1) is 15.2. The van der Waals surface area contributed by atoms with Crippen molar-refractivity contribution < 1.29 is 8.42 Å². The number of hydrogen-bond donors (Lipinski definition) is 0. The molecule has 2 aromatic rings. The first-order valence-corrected chi connectivity index (χ1v) is 9.01. The molecule has 1 aromatic carbocycles. The highest BCUT2D eigenvalue weighted by molar-refractivity contribution is 7.89. The van der Waals surface area contributed by atoms with Crippen molar-refractivity contribution in [2.75, 3.05) is 0 Å². The van der Waals surface area contributed by atoms with E-state index in [1.165, 1.54) is 10.9 Å². The molecule has 2 heterocycles. The fourth-order valence-electron chi connectivity index (χ4n) is 3.22. The predicted octanol–water partition coefficient (Wildman–Crippen LogP) is 2.72. The quantitative estimate of drug-likeness (QED) is 0.874. The number of aryl methyl sites for hydroxylation is 1. The van der Waals surface area contributed by atoms with Crippen molar-refractivity contribution in [3.8, 4) is 0 Å². The topological polar surface area (TPSA) is 55.2 Å². The van der Waals surface area contributed by atoms with Gasteiger partial charge in [-0.05, 0) is 31.7 Å². The Hall–Kier alpha value is -1.66. The van der Waals surface area contributed by atoms with Crippen molar-refractivity contribution in [1.82, 2.24) is 14.1 Å². The predicted molar refractivity (Wildman–Crippen MR) is 84.7 cm³/mol. The highest BCUT2D eigenvalue weighted by Gasteiger charge is 2.39. The normalized spacial score (nSPS) is 23.5. The molecule has 1 fully saturated rings. The molecule has 1 aliphatic rings. The Morgan fingerprint density at radius 2 is 1.91 bits per heavy atom. The number of benzene rings is 1. The Morgan fingerprint density at radius 3 is 2.55 bits per heavy atom. The van der Waals surface area contributed by atoms with Crippen LogP contribution in [0.5, 0.6) is 0 Å². The molecular formula is C16H21N3O2S. The van der Waals surface area contributed by atoms with E-state index in [9.17, 15) is 8.42 Å². The lowest BCUT2D eigenvalue weighted by molar-refractivity contribution is 0.193. The molecule has 1 aromatic heterocycles. The average molecular weight is 319 g/mol. The van der Waals surface area contributed by atoms with Gasteiger partial charge < -0.3 is 0 Å². The van der Waals surface area contributed by atoms with E-state index in [2.05, 4.69) is 5.10 Å². The summed E-state index contributed by atoms with van der Waals surface area (Å²) >= 11 is 0. The van der Waals surface area contributed by atoms with Gasteiger partial charge in [-0.1, -0.05) is 30.3 Å². The SMILES string of the molecule is C[C@@H]1CCC[C@@H](c2ccccc2)N1S(=O)(=O)c1cnn(C)c1. The Morgan fingerprint density at radius 1 is 1.18 bits per heavy atom. The zero-order chi connectivity index (χ0) is 15.7. The van der Waals surface area contributed by atoms with E-state index in [0.717, 1.165) is 24.8 Å². The first-order chi connectivity index (χ1) is 10.5. The third-order valence-corrected chi connectivity index (χ3v) is 6.26. The molecule has 0 N–H and O–H groups in total. The van der Waals surface area contributed by atoms with Gasteiger partial charge in [0.15, 0.2) is 0 Å². The summed E-state index contributed by atoms with van der Waals surface area (Å²) in [7, 11) is -1.81. The van der Waals surface area contributed by atoms with Crippen LogP contribution in [-0.2, 0) is 17.1 Å². The molecule has 1 saturated heterocycles. The van der Waals surface area contributed by atoms with Gasteiger partial charge in [0, 0.05) is 19.3 Å². The van der Waals surface area contributed by atoms with Gasteiger partial charge in [0.05, 0.1) is 12.2 Å². The van der Waals surface area contributed by atoms with E-state index >= 15 is 0 Å². The third kappa shape index (κ3) is 2.68. The second kappa shape index (κ2) is 5.85. The maximum atomic E-state index is 13.1. The van der Waals surface area contributed by atoms with Crippen LogP contribution in [0.3, 0.4) is 0 Å². The summed E-state index contributed by atoms with van der Waals surface area (Å²) in [4.78, 5) is 0.268. The highest BCUT2D eigenvalue weighted by atomic mass is 32.2. The number of hydrogen-bond acceptors (Lipinski definition) is 3. The van der Waals surface area contributed by atoms with E-state index < -0.39 is 10.0 Å². The smallest absolute Gasteiger partial charge is 0.247 e. The van der Waals surface area contributed by atoms with Crippen LogP contribution < -0.4 is 0 Å². The van der Waals surface area contributed by atoms with Crippen molar-refractivity contribution in [3.05, 3.63) is 48.3 Å². The van der Waals surface area contributed by atoms with Gasteiger partial charge in [-0.15, -0.1) is 0 Å². The van der Waals surface area contributed by atoms with E-state index in [4.69, 9.17) is 0 Å². The van der Waals surface area contributed by atoms with Gasteiger partial charge in [0.2, 0.25) is 10.0 Å². The Labute approximate surface area is 131 Å². The van der Waals surface area contributed by atoms with E-state index in [1.807, 2.05) is 37.3 Å². The molecule has 1 aliphatic heterocycles. The number of rotatable bonds is 3. The van der Waals surface area contributed by atoms with E-state index in [-0.39, 0.29) is 17.0 Å². The van der Waals surface area contributed by atoms with Crippen LogP contribution in [0.1, 0.15) is 37.8 Å². The summed E-state index contributed by atoms with van der Waals surface area (Å²) in [5, 5.41) is 4.01. The van der Waals surface area contributed by atoms with Gasteiger partial charge in [-0.25, -0.2) is 8.42 Å². The van der Waals surface area contributed by atoms with Gasteiger partial charge in [-0.3, -0.25) is 4.68 Å². The maximum Gasteiger partial charge on any atom is 0.247 e. The maximum absolute atomic E-state index is 13.1. The van der Waals surface area contributed by atoms with Crippen molar-refractivity contribution in [2.24, 2.45) is 7.05 Å². The first-order valence-electron chi connectivity index (χ1n) is 7.57. The van der Waals surface area contributed by atoms with Crippen LogP contribution in [0.25, 0.3) is 0 Å². The van der Waals surface area contributed by atoms with Crippen LogP contribution in [-0.4, -0.2) is 28.5 Å². The van der Waals surface area contributed by atoms with Gasteiger partial charge in [0.25, 0.3) is 0 Å². The third-order valence-electron chi connectivity index (χ3n) is 4.28. The molecule has 0 aliphatic carbocycles. The fourth-order valence-corrected chi connectivity index (χ4v) is 5.07. The Bertz CT molecular complexity index is 740. The zero-order valence-electron chi connectivity index (χ0n) is 12.9. The molecular weight excluding hydrogens is 298 g/mol. The molecule has 0 saturated carbocycles. The zero-order valence-corrected chi connectivity index (χ0v) is 13.7. The minimum Gasteiger partial charge on any atom is -0.274 e. The molecule has 3 rings (SSSR count). The molecule has 0 radical (unpaired) electrons. The highest BCUT2D eigenvalue weighted by Crippen LogP contribution is 2.38. The van der Waals surface area contributed by atoms with Gasteiger partial charge in [0.1, 0.15) is 4.90 Å². The summed E-state index contributed by atoms with van der Waals surface area (Å²) in [5.74, 6) is 0. The summed E-state index contributed by atoms with van der Waals surface area (Å²) < 4.78 is 29.3. The minimum atomic E-state index is -3.54. The minimum absolute atomic E-state index is 0.0100. The Balaban J connectivity index is 2.04. The molecule has 6 heteroatoms. The van der Waals surface area contributed by atoms with Gasteiger partial charge in [-0.2, -0.15) is 9.40 Å². The lowest BCUT2D eigenvalue weighted by atomic mass is 9.94. The van der Waals surface area contributed by atoms with Crippen LogP contribution >= 0.6 is 0 Å². The molecule has 0 bridgehead atoms. The summed E-state index contributed by atoms with van der Waals surface area (Å²) in [6, 6.07) is 9.78. The van der Waals surface area contributed by atoms with E-state index in [1.54, 1.807) is 17.5 Å². The van der Waals surface area contributed by atoms with Crippen LogP contribution in [0.4, 0.5) is 0 Å². The molecule has 0 unspecified atom stereocenters. The second-order valence-corrected chi connectivity index (χ2v) is 7.73. The largest absolute Gasteiger partial charge is 0.274 e. The monoisotopic (exact) mass is 319 g/mol. The van der Waals surface area contributed by atoms with Gasteiger partial charge >= 0.3 is 0 Å². The number of aromatic nitrogens is 2. The molecule has 0 spiro atoms. The lowest BCUT2D eigenvalue weighted by Crippen LogP contribution is -2.44. The fraction of sp³-hybridized carbons (Fsp3) is 0.438. The number of nitrogens with zero attached hydrogens (tertiary/aromatic N) is 3. The second-order valence-electron chi connectivity index (χ2n) is 5.89. The van der Waals surface area contributed by atoms with Crippen LogP contribution in [0.2, 0.25) is 0 Å².